The standard InChI is InChI=1S/C19H25FN2O3/c1-19(2)7-5-13(9-17(19)20)25-14-6-8-21-18(10-14)22-11-15(23-3)16(12-22)24-4/h5-6,8-10,15-16H,7,11-12H2,1-4H3. The molecule has 0 amide bonds. The molecule has 0 radical (unpaired) electrons. The van der Waals surface area contributed by atoms with Gasteiger partial charge in [0.2, 0.25) is 0 Å². The number of ether oxygens (including phenoxy) is 3. The molecule has 0 saturated carbocycles. The lowest BCUT2D eigenvalue weighted by Crippen LogP contribution is -2.27. The van der Waals surface area contributed by atoms with Crippen molar-refractivity contribution in [2.45, 2.75) is 32.5 Å². The molecule has 6 heteroatoms. The molecule has 1 aliphatic heterocycles. The van der Waals surface area contributed by atoms with Crippen molar-refractivity contribution in [2.75, 3.05) is 32.2 Å². The molecule has 136 valence electrons. The van der Waals surface area contributed by atoms with Crippen LogP contribution in [-0.2, 0) is 9.47 Å². The molecule has 1 saturated heterocycles. The Kier molecular flexibility index (Phi) is 5.11. The molecule has 2 unspecified atom stereocenters. The molecule has 5 nitrogen and oxygen atoms in total. The Balaban J connectivity index is 1.72. The number of anilines is 1. The Morgan fingerprint density at radius 2 is 1.88 bits per heavy atom. The average molecular weight is 348 g/mol. The van der Waals surface area contributed by atoms with Gasteiger partial charge < -0.3 is 19.1 Å². The third-order valence-corrected chi connectivity index (χ3v) is 4.83. The number of halogens is 1. The van der Waals surface area contributed by atoms with Crippen LogP contribution in [0.3, 0.4) is 0 Å². The summed E-state index contributed by atoms with van der Waals surface area (Å²) in [6.07, 6.45) is 5.70. The van der Waals surface area contributed by atoms with E-state index in [0.717, 1.165) is 5.82 Å². The van der Waals surface area contributed by atoms with Crippen LogP contribution in [0.2, 0.25) is 0 Å². The lowest BCUT2D eigenvalue weighted by atomic mass is 9.84. The summed E-state index contributed by atoms with van der Waals surface area (Å²) in [6.45, 7) is 5.17. The topological polar surface area (TPSA) is 43.8 Å². The second kappa shape index (κ2) is 7.14. The van der Waals surface area contributed by atoms with Gasteiger partial charge in [-0.15, -0.1) is 0 Å². The minimum absolute atomic E-state index is 0.0108. The van der Waals surface area contributed by atoms with Gasteiger partial charge in [0, 0.05) is 51.1 Å². The first-order valence-electron chi connectivity index (χ1n) is 8.45. The van der Waals surface area contributed by atoms with Gasteiger partial charge in [0.25, 0.3) is 0 Å². The van der Waals surface area contributed by atoms with Crippen LogP contribution in [0, 0.1) is 5.41 Å². The van der Waals surface area contributed by atoms with E-state index in [1.807, 2.05) is 26.0 Å². The van der Waals surface area contributed by atoms with Gasteiger partial charge in [0.15, 0.2) is 0 Å². The fourth-order valence-corrected chi connectivity index (χ4v) is 3.06. The van der Waals surface area contributed by atoms with Crippen LogP contribution in [0.1, 0.15) is 20.3 Å². The highest BCUT2D eigenvalue weighted by atomic mass is 19.1. The molecule has 1 fully saturated rings. The maximum Gasteiger partial charge on any atom is 0.132 e. The largest absolute Gasteiger partial charge is 0.457 e. The number of nitrogens with zero attached hydrogens (tertiary/aromatic N) is 2. The molecule has 2 aliphatic rings. The summed E-state index contributed by atoms with van der Waals surface area (Å²) in [7, 11) is 3.37. The van der Waals surface area contributed by atoms with Crippen LogP contribution in [0.5, 0.6) is 5.75 Å². The summed E-state index contributed by atoms with van der Waals surface area (Å²) >= 11 is 0. The maximum absolute atomic E-state index is 14.1. The van der Waals surface area contributed by atoms with E-state index in [9.17, 15) is 4.39 Å². The predicted molar refractivity (Wildman–Crippen MR) is 94.3 cm³/mol. The number of allylic oxidation sites excluding steroid dienone is 3. The van der Waals surface area contributed by atoms with Crippen LogP contribution >= 0.6 is 0 Å². The molecule has 2 heterocycles. The molecule has 1 aromatic rings. The minimum atomic E-state index is -0.462. The Labute approximate surface area is 148 Å². The number of methoxy groups -OCH3 is 2. The lowest BCUT2D eigenvalue weighted by Gasteiger charge is -2.25. The highest BCUT2D eigenvalue weighted by Gasteiger charge is 2.33. The molecule has 2 atom stereocenters. The van der Waals surface area contributed by atoms with Gasteiger partial charge in [0.05, 0.1) is 0 Å². The van der Waals surface area contributed by atoms with Gasteiger partial charge in [-0.2, -0.15) is 0 Å². The first-order chi connectivity index (χ1) is 11.9. The van der Waals surface area contributed by atoms with Crippen molar-refractivity contribution in [3.8, 4) is 5.75 Å². The third-order valence-electron chi connectivity index (χ3n) is 4.83. The van der Waals surface area contributed by atoms with Crippen molar-refractivity contribution in [1.29, 1.82) is 0 Å². The van der Waals surface area contributed by atoms with E-state index in [-0.39, 0.29) is 18.0 Å². The molecular weight excluding hydrogens is 323 g/mol. The second-order valence-electron chi connectivity index (χ2n) is 7.09. The molecule has 1 aromatic heterocycles. The van der Waals surface area contributed by atoms with E-state index in [0.29, 0.717) is 31.0 Å². The van der Waals surface area contributed by atoms with Crippen molar-refractivity contribution >= 4 is 5.82 Å². The van der Waals surface area contributed by atoms with Gasteiger partial charge in [-0.1, -0.05) is 13.8 Å². The van der Waals surface area contributed by atoms with Crippen molar-refractivity contribution < 1.29 is 18.6 Å². The minimum Gasteiger partial charge on any atom is -0.457 e. The number of rotatable bonds is 5. The van der Waals surface area contributed by atoms with E-state index in [1.165, 1.54) is 6.08 Å². The summed E-state index contributed by atoms with van der Waals surface area (Å²) < 4.78 is 30.9. The van der Waals surface area contributed by atoms with E-state index < -0.39 is 5.41 Å². The molecule has 0 bridgehead atoms. The fraction of sp³-hybridized carbons (Fsp3) is 0.526. The second-order valence-corrected chi connectivity index (χ2v) is 7.09. The molecule has 25 heavy (non-hydrogen) atoms. The highest BCUT2D eigenvalue weighted by Crippen LogP contribution is 2.37. The van der Waals surface area contributed by atoms with Gasteiger partial charge in [-0.3, -0.25) is 0 Å². The lowest BCUT2D eigenvalue weighted by molar-refractivity contribution is -0.00461. The molecule has 3 rings (SSSR count). The number of pyridine rings is 1. The first kappa shape index (κ1) is 17.9. The van der Waals surface area contributed by atoms with Gasteiger partial charge >= 0.3 is 0 Å². The smallest absolute Gasteiger partial charge is 0.132 e. The van der Waals surface area contributed by atoms with E-state index in [4.69, 9.17) is 14.2 Å². The zero-order valence-electron chi connectivity index (χ0n) is 15.2. The molecule has 1 aliphatic carbocycles. The Morgan fingerprint density at radius 1 is 1.20 bits per heavy atom. The zero-order valence-corrected chi connectivity index (χ0v) is 15.2. The van der Waals surface area contributed by atoms with E-state index >= 15 is 0 Å². The van der Waals surface area contributed by atoms with E-state index in [2.05, 4.69) is 9.88 Å². The predicted octanol–water partition coefficient (Wildman–Crippen LogP) is 3.48. The van der Waals surface area contributed by atoms with Gasteiger partial charge in [-0.25, -0.2) is 9.37 Å². The normalized spacial score (nSPS) is 25.6. The third kappa shape index (κ3) is 3.85. The molecule has 0 N–H and O–H groups in total. The zero-order chi connectivity index (χ0) is 18.0. The number of hydrogen-bond donors (Lipinski definition) is 0. The monoisotopic (exact) mass is 348 g/mol. The van der Waals surface area contributed by atoms with Crippen molar-refractivity contribution in [3.05, 3.63) is 42.1 Å². The molecule has 0 aromatic carbocycles. The van der Waals surface area contributed by atoms with Crippen molar-refractivity contribution in [2.24, 2.45) is 5.41 Å². The molecule has 0 spiro atoms. The van der Waals surface area contributed by atoms with Crippen LogP contribution in [-0.4, -0.2) is 44.5 Å². The molecular formula is C19H25FN2O3. The quantitative estimate of drug-likeness (QED) is 0.815. The summed E-state index contributed by atoms with van der Waals surface area (Å²) in [4.78, 5) is 6.52. The van der Waals surface area contributed by atoms with Gasteiger partial charge in [0.1, 0.15) is 35.4 Å². The van der Waals surface area contributed by atoms with Crippen LogP contribution in [0.15, 0.2) is 42.1 Å². The maximum atomic E-state index is 14.1. The van der Waals surface area contributed by atoms with Crippen LogP contribution < -0.4 is 9.64 Å². The van der Waals surface area contributed by atoms with Crippen LogP contribution in [0.25, 0.3) is 0 Å². The Hall–Kier alpha value is -1.92. The van der Waals surface area contributed by atoms with Crippen LogP contribution in [0.4, 0.5) is 10.2 Å². The van der Waals surface area contributed by atoms with Gasteiger partial charge in [-0.05, 0) is 18.6 Å². The summed E-state index contributed by atoms with van der Waals surface area (Å²) in [5, 5.41) is 0. The summed E-state index contributed by atoms with van der Waals surface area (Å²) in [5.74, 6) is 1.79. The van der Waals surface area contributed by atoms with E-state index in [1.54, 1.807) is 26.5 Å². The SMILES string of the molecule is COC1CN(c2cc(OC3=CCC(C)(C)C(F)=C3)ccn2)CC1OC. The summed E-state index contributed by atoms with van der Waals surface area (Å²) in [5.41, 5.74) is -0.462. The Morgan fingerprint density at radius 3 is 2.48 bits per heavy atom. The number of hydrogen-bond acceptors (Lipinski definition) is 5. The number of aromatic nitrogens is 1. The fourth-order valence-electron chi connectivity index (χ4n) is 3.06. The highest BCUT2D eigenvalue weighted by molar-refractivity contribution is 5.46. The van der Waals surface area contributed by atoms with Crippen molar-refractivity contribution in [1.82, 2.24) is 4.98 Å². The average Bonchev–Trinajstić information content (AvgIpc) is 3.02. The summed E-state index contributed by atoms with van der Waals surface area (Å²) in [6, 6.07) is 3.63. The Bertz CT molecular complexity index is 675. The first-order valence-corrected chi connectivity index (χ1v) is 8.45. The van der Waals surface area contributed by atoms with Crippen molar-refractivity contribution in [3.63, 3.8) is 0 Å².